The summed E-state index contributed by atoms with van der Waals surface area (Å²) in [6, 6.07) is 0.669. The number of piperidine rings is 1. The number of likely N-dealkylation sites (tertiary alicyclic amines) is 1. The van der Waals surface area contributed by atoms with Crippen molar-refractivity contribution < 1.29 is 21.6 Å². The first-order valence-corrected chi connectivity index (χ1v) is 9.97. The van der Waals surface area contributed by atoms with Gasteiger partial charge in [-0.1, -0.05) is 45.4 Å². The Morgan fingerprint density at radius 2 is 1.57 bits per heavy atom. The Bertz CT molecular complexity index is 257. The molecule has 2 atom stereocenters. The number of alkyl halides is 1. The third-order valence-electron chi connectivity index (χ3n) is 5.19. The summed E-state index contributed by atoms with van der Waals surface area (Å²) in [5, 5.41) is 0. The number of nitrogens with zero attached hydrogens (tertiary/aromatic N) is 1. The molecular weight excluding hydrogens is 439 g/mol. The molecule has 0 amide bonds. The topological polar surface area (TPSA) is 26.0 Å². The zero-order valence-corrected chi connectivity index (χ0v) is 19.1. The summed E-state index contributed by atoms with van der Waals surface area (Å²) in [6.45, 7) is 4.65. The van der Waals surface area contributed by atoms with Crippen LogP contribution in [0.2, 0.25) is 0 Å². The number of rotatable bonds is 12. The van der Waals surface area contributed by atoms with Crippen molar-refractivity contribution in [1.29, 1.82) is 0 Å². The summed E-state index contributed by atoms with van der Waals surface area (Å²) >= 11 is 5.86. The number of unbranched alkanes of at least 4 members (excludes halogenated alkanes) is 7. The summed E-state index contributed by atoms with van der Waals surface area (Å²) < 4.78 is 0.840. The van der Waals surface area contributed by atoms with Crippen LogP contribution in [0.1, 0.15) is 90.4 Å². The number of halogens is 3. The monoisotopic (exact) mass is 476 g/mol. The molecule has 23 heavy (non-hydrogen) atoms. The molecule has 0 bridgehead atoms. The van der Waals surface area contributed by atoms with E-state index in [0.717, 1.165) is 16.9 Å². The SMILES string of the molecule is Br.CCCCCCCCCC[N+]1(N)CCCCC1CCCCl.[Br-]. The van der Waals surface area contributed by atoms with Crippen molar-refractivity contribution in [3.05, 3.63) is 0 Å². The minimum atomic E-state index is 0. The highest BCUT2D eigenvalue weighted by Crippen LogP contribution is 2.26. The molecule has 2 unspecified atom stereocenters. The maximum Gasteiger partial charge on any atom is 0.106 e. The average Bonchev–Trinajstić information content (AvgIpc) is 2.49. The van der Waals surface area contributed by atoms with E-state index in [4.69, 9.17) is 17.4 Å². The minimum Gasteiger partial charge on any atom is -1.00 e. The summed E-state index contributed by atoms with van der Waals surface area (Å²) in [5.74, 6) is 7.50. The number of hydrogen-bond acceptors (Lipinski definition) is 1. The van der Waals surface area contributed by atoms with E-state index in [1.54, 1.807) is 0 Å². The molecule has 1 fully saturated rings. The molecule has 0 aromatic heterocycles. The van der Waals surface area contributed by atoms with Crippen LogP contribution < -0.4 is 22.8 Å². The molecule has 1 rings (SSSR count). The van der Waals surface area contributed by atoms with Crippen LogP contribution in [0.5, 0.6) is 0 Å². The largest absolute Gasteiger partial charge is 1.00 e. The molecule has 0 radical (unpaired) electrons. The molecule has 0 aromatic carbocycles. The van der Waals surface area contributed by atoms with Gasteiger partial charge in [0.25, 0.3) is 0 Å². The molecule has 1 saturated heterocycles. The summed E-state index contributed by atoms with van der Waals surface area (Å²) in [7, 11) is 0. The Morgan fingerprint density at radius 1 is 0.957 bits per heavy atom. The number of hydrogen-bond donors (Lipinski definition) is 1. The van der Waals surface area contributed by atoms with Crippen LogP contribution in [0.4, 0.5) is 0 Å². The van der Waals surface area contributed by atoms with Crippen LogP contribution in [0.15, 0.2) is 0 Å². The molecule has 1 aliphatic heterocycles. The Hall–Kier alpha value is 1.17. The molecule has 2 nitrogen and oxygen atoms in total. The standard InChI is InChI=1S/C18H38ClN2.2BrH/c1-2-3-4-5-6-7-8-10-16-21(20)17-11-9-13-18(21)14-12-15-19;;/h18H,2-17,20H2,1H3;2*1H/q+1;;/p-1. The molecule has 0 saturated carbocycles. The lowest BCUT2D eigenvalue weighted by Gasteiger charge is -2.43. The van der Waals surface area contributed by atoms with Crippen LogP contribution in [-0.2, 0) is 0 Å². The summed E-state index contributed by atoms with van der Waals surface area (Å²) in [5.41, 5.74) is 0. The predicted octanol–water partition coefficient (Wildman–Crippen LogP) is 2.97. The lowest BCUT2D eigenvalue weighted by molar-refractivity contribution is -0.967. The van der Waals surface area contributed by atoms with E-state index in [1.807, 2.05) is 0 Å². The summed E-state index contributed by atoms with van der Waals surface area (Å²) in [4.78, 5) is 0. The van der Waals surface area contributed by atoms with Gasteiger partial charge in [-0.3, -0.25) is 0 Å². The Morgan fingerprint density at radius 3 is 2.17 bits per heavy atom. The Balaban J connectivity index is 0. The van der Waals surface area contributed by atoms with E-state index in [2.05, 4.69) is 6.92 Å². The van der Waals surface area contributed by atoms with E-state index in [0.29, 0.717) is 6.04 Å². The van der Waals surface area contributed by atoms with Gasteiger partial charge in [0.05, 0.1) is 13.1 Å². The van der Waals surface area contributed by atoms with Crippen LogP contribution in [0, 0.1) is 0 Å². The minimum absolute atomic E-state index is 0. The van der Waals surface area contributed by atoms with Crippen LogP contribution in [-0.4, -0.2) is 29.6 Å². The van der Waals surface area contributed by atoms with E-state index in [-0.39, 0.29) is 34.0 Å². The number of nitrogens with two attached hydrogens (primary N) is 1. The molecule has 0 aliphatic carbocycles. The highest BCUT2D eigenvalue weighted by molar-refractivity contribution is 8.93. The highest BCUT2D eigenvalue weighted by Gasteiger charge is 2.35. The van der Waals surface area contributed by atoms with Crippen molar-refractivity contribution in [3.8, 4) is 0 Å². The van der Waals surface area contributed by atoms with Crippen molar-refractivity contribution in [1.82, 2.24) is 0 Å². The highest BCUT2D eigenvalue weighted by atomic mass is 79.9. The number of quaternary nitrogens is 1. The van der Waals surface area contributed by atoms with Gasteiger partial charge in [0.2, 0.25) is 0 Å². The van der Waals surface area contributed by atoms with Crippen molar-refractivity contribution in [2.24, 2.45) is 5.84 Å². The summed E-state index contributed by atoms with van der Waals surface area (Å²) in [6.07, 6.45) is 17.4. The molecule has 142 valence electrons. The lowest BCUT2D eigenvalue weighted by Crippen LogP contribution is -3.00. The third-order valence-corrected chi connectivity index (χ3v) is 5.46. The second-order valence-corrected chi connectivity index (χ2v) is 7.38. The van der Waals surface area contributed by atoms with Crippen LogP contribution in [0.3, 0.4) is 0 Å². The Kier molecular flexibility index (Phi) is 19.1. The zero-order valence-electron chi connectivity index (χ0n) is 15.1. The first-order chi connectivity index (χ1) is 10.2. The fraction of sp³-hybridized carbons (Fsp3) is 1.00. The molecule has 0 spiro atoms. The van der Waals surface area contributed by atoms with E-state index < -0.39 is 0 Å². The average molecular weight is 479 g/mol. The molecule has 1 heterocycles. The molecule has 1 aliphatic rings. The third kappa shape index (κ3) is 11.4. The van der Waals surface area contributed by atoms with Gasteiger partial charge in [-0.25, -0.2) is 4.59 Å². The van der Waals surface area contributed by atoms with Crippen molar-refractivity contribution >= 4 is 28.6 Å². The molecule has 0 aromatic rings. The van der Waals surface area contributed by atoms with E-state index >= 15 is 0 Å². The fourth-order valence-corrected chi connectivity index (χ4v) is 3.93. The van der Waals surface area contributed by atoms with Gasteiger partial charge < -0.3 is 17.0 Å². The van der Waals surface area contributed by atoms with E-state index in [9.17, 15) is 0 Å². The quantitative estimate of drug-likeness (QED) is 0.198. The van der Waals surface area contributed by atoms with Gasteiger partial charge in [-0.05, 0) is 32.1 Å². The maximum absolute atomic E-state index is 6.72. The smallest absolute Gasteiger partial charge is 0.106 e. The van der Waals surface area contributed by atoms with E-state index in [1.165, 1.54) is 90.1 Å². The zero-order chi connectivity index (χ0) is 15.4. The first kappa shape index (κ1) is 26.4. The molecule has 5 heteroatoms. The van der Waals surface area contributed by atoms with Crippen molar-refractivity contribution in [3.63, 3.8) is 0 Å². The molecule has 2 N–H and O–H groups in total. The van der Waals surface area contributed by atoms with Crippen molar-refractivity contribution in [2.45, 2.75) is 96.4 Å². The second-order valence-electron chi connectivity index (χ2n) is 7.01. The van der Waals surface area contributed by atoms with Gasteiger partial charge in [0.1, 0.15) is 6.04 Å². The van der Waals surface area contributed by atoms with Crippen molar-refractivity contribution in [2.75, 3.05) is 19.0 Å². The van der Waals surface area contributed by atoms with Gasteiger partial charge in [-0.15, -0.1) is 28.6 Å². The predicted molar refractivity (Wildman–Crippen MR) is 105 cm³/mol. The van der Waals surface area contributed by atoms with Crippen LogP contribution in [0.25, 0.3) is 0 Å². The second kappa shape index (κ2) is 16.6. The van der Waals surface area contributed by atoms with Gasteiger partial charge in [-0.2, -0.15) is 5.84 Å². The van der Waals surface area contributed by atoms with Gasteiger partial charge >= 0.3 is 0 Å². The van der Waals surface area contributed by atoms with Gasteiger partial charge in [0, 0.05) is 18.7 Å². The lowest BCUT2D eigenvalue weighted by atomic mass is 9.96. The normalized spacial score (nSPS) is 23.9. The fourth-order valence-electron chi connectivity index (χ4n) is 3.77. The molecular formula is C18H39Br2ClN2. The van der Waals surface area contributed by atoms with Crippen LogP contribution >= 0.6 is 28.6 Å². The Labute approximate surface area is 171 Å². The van der Waals surface area contributed by atoms with Gasteiger partial charge in [0.15, 0.2) is 0 Å². The maximum atomic E-state index is 6.72. The first-order valence-electron chi connectivity index (χ1n) is 9.44.